The van der Waals surface area contributed by atoms with Crippen molar-refractivity contribution in [2.24, 2.45) is 0 Å². The Morgan fingerprint density at radius 2 is 2.05 bits per heavy atom. The van der Waals surface area contributed by atoms with Gasteiger partial charge in [0, 0.05) is 6.42 Å². The minimum Gasteiger partial charge on any atom is -0.444 e. The van der Waals surface area contributed by atoms with Crippen molar-refractivity contribution in [1.82, 2.24) is 4.90 Å². The topological polar surface area (TPSA) is 62.6 Å². The Bertz CT molecular complexity index is 545. The monoisotopic (exact) mass is 302 g/mol. The number of carbonyl (C=O) groups is 1. The van der Waals surface area contributed by atoms with Gasteiger partial charge >= 0.3 is 6.09 Å². The number of nitrogens with zero attached hydrogens (tertiary/aromatic N) is 2. The van der Waals surface area contributed by atoms with E-state index in [9.17, 15) is 10.1 Å². The lowest BCUT2D eigenvalue weighted by atomic mass is 10.2. The SMILES string of the molecule is CC(C)(C)OC(=O)N1C[C@H](OCc2ccccc2)C[C@H]1C#N. The minimum absolute atomic E-state index is 0.141. The zero-order valence-electron chi connectivity index (χ0n) is 13.3. The van der Waals surface area contributed by atoms with Crippen molar-refractivity contribution in [2.75, 3.05) is 6.54 Å². The van der Waals surface area contributed by atoms with E-state index in [1.54, 1.807) is 0 Å². The fraction of sp³-hybridized carbons (Fsp3) is 0.529. The van der Waals surface area contributed by atoms with Crippen molar-refractivity contribution < 1.29 is 14.3 Å². The van der Waals surface area contributed by atoms with Crippen LogP contribution >= 0.6 is 0 Å². The Balaban J connectivity index is 1.92. The number of amides is 1. The third kappa shape index (κ3) is 4.47. The highest BCUT2D eigenvalue weighted by Crippen LogP contribution is 2.23. The smallest absolute Gasteiger partial charge is 0.411 e. The normalized spacial score (nSPS) is 21.5. The van der Waals surface area contributed by atoms with Crippen molar-refractivity contribution in [3.05, 3.63) is 35.9 Å². The van der Waals surface area contributed by atoms with E-state index in [4.69, 9.17) is 9.47 Å². The molecule has 0 saturated carbocycles. The molecular formula is C17H22N2O3. The third-order valence-electron chi connectivity index (χ3n) is 3.37. The molecular weight excluding hydrogens is 280 g/mol. The Hall–Kier alpha value is -2.06. The zero-order chi connectivity index (χ0) is 16.2. The summed E-state index contributed by atoms with van der Waals surface area (Å²) in [5, 5.41) is 9.23. The minimum atomic E-state index is -0.569. The average molecular weight is 302 g/mol. The van der Waals surface area contributed by atoms with Gasteiger partial charge in [-0.05, 0) is 26.3 Å². The van der Waals surface area contributed by atoms with Crippen molar-refractivity contribution in [2.45, 2.75) is 51.5 Å². The predicted octanol–water partition coefficient (Wildman–Crippen LogP) is 3.10. The van der Waals surface area contributed by atoms with Gasteiger partial charge in [-0.1, -0.05) is 30.3 Å². The molecule has 1 aromatic rings. The van der Waals surface area contributed by atoms with Crippen molar-refractivity contribution in [1.29, 1.82) is 5.26 Å². The molecule has 22 heavy (non-hydrogen) atoms. The molecule has 1 amide bonds. The summed E-state index contributed by atoms with van der Waals surface area (Å²) in [5.41, 5.74) is 0.506. The first kappa shape index (κ1) is 16.3. The number of carbonyl (C=O) groups excluding carboxylic acids is 1. The Morgan fingerprint density at radius 3 is 2.64 bits per heavy atom. The van der Waals surface area contributed by atoms with E-state index in [0.29, 0.717) is 19.6 Å². The molecule has 1 aliphatic heterocycles. The fourth-order valence-electron chi connectivity index (χ4n) is 2.35. The summed E-state index contributed by atoms with van der Waals surface area (Å²) < 4.78 is 11.2. The third-order valence-corrected chi connectivity index (χ3v) is 3.37. The van der Waals surface area contributed by atoms with Crippen LogP contribution in [0.5, 0.6) is 0 Å². The first-order chi connectivity index (χ1) is 10.4. The summed E-state index contributed by atoms with van der Waals surface area (Å²) in [6, 6.07) is 11.5. The number of hydrogen-bond acceptors (Lipinski definition) is 4. The number of rotatable bonds is 3. The number of hydrogen-bond donors (Lipinski definition) is 0. The van der Waals surface area contributed by atoms with Crippen LogP contribution in [0.2, 0.25) is 0 Å². The summed E-state index contributed by atoms with van der Waals surface area (Å²) in [5.74, 6) is 0. The molecule has 1 saturated heterocycles. The highest BCUT2D eigenvalue weighted by Gasteiger charge is 2.38. The lowest BCUT2D eigenvalue weighted by Gasteiger charge is -2.25. The summed E-state index contributed by atoms with van der Waals surface area (Å²) in [6.07, 6.45) is -0.0787. The lowest BCUT2D eigenvalue weighted by Crippen LogP contribution is -2.39. The molecule has 1 aromatic carbocycles. The largest absolute Gasteiger partial charge is 0.444 e. The molecule has 1 fully saturated rings. The Morgan fingerprint density at radius 1 is 1.36 bits per heavy atom. The molecule has 0 spiro atoms. The van der Waals surface area contributed by atoms with Gasteiger partial charge in [-0.15, -0.1) is 0 Å². The van der Waals surface area contributed by atoms with Crippen LogP contribution in [0.1, 0.15) is 32.8 Å². The second-order valence-electron chi connectivity index (χ2n) is 6.43. The number of nitriles is 1. The molecule has 0 unspecified atom stereocenters. The van der Waals surface area contributed by atoms with Crippen LogP contribution in [-0.4, -0.2) is 35.3 Å². The van der Waals surface area contributed by atoms with Gasteiger partial charge in [-0.3, -0.25) is 4.90 Å². The standard InChI is InChI=1S/C17H22N2O3/c1-17(2,3)22-16(20)19-11-15(9-14(19)10-18)21-12-13-7-5-4-6-8-13/h4-8,14-15H,9,11-12H2,1-3H3/t14-,15+/m0/s1. The molecule has 5 nitrogen and oxygen atoms in total. The van der Waals surface area contributed by atoms with Gasteiger partial charge in [-0.2, -0.15) is 5.26 Å². The maximum absolute atomic E-state index is 12.1. The second kappa shape index (κ2) is 6.80. The molecule has 118 valence electrons. The summed E-state index contributed by atoms with van der Waals surface area (Å²) in [4.78, 5) is 13.6. The van der Waals surface area contributed by atoms with Crippen LogP contribution in [0.3, 0.4) is 0 Å². The summed E-state index contributed by atoms with van der Waals surface area (Å²) in [7, 11) is 0. The molecule has 1 heterocycles. The average Bonchev–Trinajstić information content (AvgIpc) is 2.88. The van der Waals surface area contributed by atoms with Gasteiger partial charge in [0.1, 0.15) is 11.6 Å². The lowest BCUT2D eigenvalue weighted by molar-refractivity contribution is 0.0167. The van der Waals surface area contributed by atoms with E-state index < -0.39 is 17.7 Å². The molecule has 0 aliphatic carbocycles. The number of likely N-dealkylation sites (tertiary alicyclic amines) is 1. The van der Waals surface area contributed by atoms with Gasteiger partial charge in [0.2, 0.25) is 0 Å². The van der Waals surface area contributed by atoms with E-state index in [1.165, 1.54) is 4.90 Å². The van der Waals surface area contributed by atoms with E-state index in [2.05, 4.69) is 6.07 Å². The van der Waals surface area contributed by atoms with Gasteiger partial charge in [0.05, 0.1) is 25.3 Å². The highest BCUT2D eigenvalue weighted by molar-refractivity contribution is 5.69. The van der Waals surface area contributed by atoms with Gasteiger partial charge in [0.25, 0.3) is 0 Å². The predicted molar refractivity (Wildman–Crippen MR) is 82.0 cm³/mol. The van der Waals surface area contributed by atoms with E-state index in [-0.39, 0.29) is 6.10 Å². The first-order valence-corrected chi connectivity index (χ1v) is 7.44. The molecule has 0 bridgehead atoms. The van der Waals surface area contributed by atoms with Crippen LogP contribution in [0.15, 0.2) is 30.3 Å². The van der Waals surface area contributed by atoms with Crippen LogP contribution in [0, 0.1) is 11.3 Å². The molecule has 0 aromatic heterocycles. The van der Waals surface area contributed by atoms with Crippen LogP contribution in [-0.2, 0) is 16.1 Å². The van der Waals surface area contributed by atoms with Gasteiger partial charge < -0.3 is 9.47 Å². The van der Waals surface area contributed by atoms with E-state index in [1.807, 2.05) is 51.1 Å². The van der Waals surface area contributed by atoms with Crippen molar-refractivity contribution in [3.8, 4) is 6.07 Å². The van der Waals surface area contributed by atoms with Crippen molar-refractivity contribution in [3.63, 3.8) is 0 Å². The Labute approximate surface area is 131 Å². The maximum atomic E-state index is 12.1. The maximum Gasteiger partial charge on any atom is 0.411 e. The molecule has 2 atom stereocenters. The summed E-state index contributed by atoms with van der Waals surface area (Å²) in [6.45, 7) is 6.30. The number of benzene rings is 1. The molecule has 2 rings (SSSR count). The highest BCUT2D eigenvalue weighted by atomic mass is 16.6. The molecule has 1 aliphatic rings. The van der Waals surface area contributed by atoms with E-state index in [0.717, 1.165) is 5.56 Å². The second-order valence-corrected chi connectivity index (χ2v) is 6.43. The quantitative estimate of drug-likeness (QED) is 0.860. The van der Waals surface area contributed by atoms with Crippen LogP contribution in [0.4, 0.5) is 4.79 Å². The van der Waals surface area contributed by atoms with Crippen LogP contribution in [0.25, 0.3) is 0 Å². The first-order valence-electron chi connectivity index (χ1n) is 7.44. The summed E-state index contributed by atoms with van der Waals surface area (Å²) >= 11 is 0. The molecule has 0 radical (unpaired) electrons. The van der Waals surface area contributed by atoms with Crippen molar-refractivity contribution >= 4 is 6.09 Å². The van der Waals surface area contributed by atoms with Gasteiger partial charge in [0.15, 0.2) is 0 Å². The van der Waals surface area contributed by atoms with E-state index >= 15 is 0 Å². The number of ether oxygens (including phenoxy) is 2. The Kier molecular flexibility index (Phi) is 5.04. The molecule has 5 heteroatoms. The molecule has 0 N–H and O–H groups in total. The van der Waals surface area contributed by atoms with Gasteiger partial charge in [-0.25, -0.2) is 4.79 Å². The fourth-order valence-corrected chi connectivity index (χ4v) is 2.35. The zero-order valence-corrected chi connectivity index (χ0v) is 13.3. The van der Waals surface area contributed by atoms with Crippen LogP contribution < -0.4 is 0 Å².